The Labute approximate surface area is 157 Å². The van der Waals surface area contributed by atoms with Gasteiger partial charge in [0.2, 0.25) is 0 Å². The molecule has 0 bridgehead atoms. The van der Waals surface area contributed by atoms with E-state index in [1.807, 2.05) is 18.2 Å². The molecular weight excluding hydrogens is 344 g/mol. The second kappa shape index (κ2) is 8.66. The van der Waals surface area contributed by atoms with Gasteiger partial charge in [0, 0.05) is 18.0 Å². The van der Waals surface area contributed by atoms with Crippen molar-refractivity contribution in [3.8, 4) is 11.5 Å². The number of hydrogen-bond donors (Lipinski definition) is 2. The first-order chi connectivity index (χ1) is 13.2. The average Bonchev–Trinajstić information content (AvgIpc) is 2.73. The number of rotatable bonds is 7. The van der Waals surface area contributed by atoms with Gasteiger partial charge in [-0.2, -0.15) is 0 Å². The fourth-order valence-electron chi connectivity index (χ4n) is 2.44. The summed E-state index contributed by atoms with van der Waals surface area (Å²) in [6.07, 6.45) is 3.36. The highest BCUT2D eigenvalue weighted by atomic mass is 16.5. The van der Waals surface area contributed by atoms with Crippen molar-refractivity contribution in [3.63, 3.8) is 0 Å². The van der Waals surface area contributed by atoms with Crippen molar-refractivity contribution in [2.75, 3.05) is 24.9 Å². The van der Waals surface area contributed by atoms with Gasteiger partial charge in [0.25, 0.3) is 5.91 Å². The lowest BCUT2D eigenvalue weighted by Crippen LogP contribution is -2.14. The summed E-state index contributed by atoms with van der Waals surface area (Å²) in [6, 6.07) is 14.4. The molecule has 27 heavy (non-hydrogen) atoms. The van der Waals surface area contributed by atoms with E-state index in [0.717, 1.165) is 11.4 Å². The van der Waals surface area contributed by atoms with Crippen LogP contribution in [0.25, 0.3) is 0 Å². The van der Waals surface area contributed by atoms with Crippen molar-refractivity contribution in [2.24, 2.45) is 0 Å². The highest BCUT2D eigenvalue weighted by Gasteiger charge is 2.10. The second-order valence-corrected chi connectivity index (χ2v) is 5.63. The Balaban J connectivity index is 1.62. The van der Waals surface area contributed by atoms with Crippen LogP contribution in [0.2, 0.25) is 0 Å². The molecule has 0 aliphatic carbocycles. The standard InChI is InChI=1S/C20H20N4O3/c1-26-18-9-7-14(11-19(18)27-2)24-20(25)17-8-6-16(13-23-17)22-12-15-5-3-4-10-21-15/h3-11,13,22H,12H2,1-2H3,(H,24,25). The summed E-state index contributed by atoms with van der Waals surface area (Å²) < 4.78 is 10.4. The molecule has 0 atom stereocenters. The molecule has 2 N–H and O–H groups in total. The molecule has 0 fully saturated rings. The molecular formula is C20H20N4O3. The smallest absolute Gasteiger partial charge is 0.274 e. The highest BCUT2D eigenvalue weighted by molar-refractivity contribution is 6.03. The molecule has 7 nitrogen and oxygen atoms in total. The maximum atomic E-state index is 12.4. The van der Waals surface area contributed by atoms with Crippen molar-refractivity contribution in [3.05, 3.63) is 72.3 Å². The third-order valence-corrected chi connectivity index (χ3v) is 3.84. The Morgan fingerprint density at radius 3 is 2.44 bits per heavy atom. The van der Waals surface area contributed by atoms with Crippen LogP contribution < -0.4 is 20.1 Å². The quantitative estimate of drug-likeness (QED) is 0.669. The molecule has 1 aromatic carbocycles. The lowest BCUT2D eigenvalue weighted by atomic mass is 10.2. The minimum atomic E-state index is -0.307. The second-order valence-electron chi connectivity index (χ2n) is 5.63. The molecule has 0 unspecified atom stereocenters. The highest BCUT2D eigenvalue weighted by Crippen LogP contribution is 2.29. The third-order valence-electron chi connectivity index (χ3n) is 3.84. The van der Waals surface area contributed by atoms with E-state index >= 15 is 0 Å². The Morgan fingerprint density at radius 2 is 1.78 bits per heavy atom. The van der Waals surface area contributed by atoms with E-state index < -0.39 is 0 Å². The summed E-state index contributed by atoms with van der Waals surface area (Å²) in [6.45, 7) is 0.583. The van der Waals surface area contributed by atoms with Gasteiger partial charge in [-0.05, 0) is 36.4 Å². The van der Waals surface area contributed by atoms with Crippen LogP contribution in [0.3, 0.4) is 0 Å². The number of aromatic nitrogens is 2. The maximum absolute atomic E-state index is 12.4. The molecule has 3 rings (SSSR count). The SMILES string of the molecule is COc1ccc(NC(=O)c2ccc(NCc3ccccn3)cn2)cc1OC. The zero-order valence-corrected chi connectivity index (χ0v) is 15.1. The topological polar surface area (TPSA) is 85.4 Å². The van der Waals surface area contributed by atoms with Gasteiger partial charge in [-0.25, -0.2) is 4.98 Å². The number of methoxy groups -OCH3 is 2. The molecule has 0 aliphatic heterocycles. The van der Waals surface area contributed by atoms with Gasteiger partial charge in [-0.3, -0.25) is 9.78 Å². The number of carbonyl (C=O) groups is 1. The molecule has 7 heteroatoms. The molecule has 0 saturated carbocycles. The lowest BCUT2D eigenvalue weighted by Gasteiger charge is -2.11. The van der Waals surface area contributed by atoms with Crippen LogP contribution in [-0.2, 0) is 6.54 Å². The number of nitrogens with zero attached hydrogens (tertiary/aromatic N) is 2. The zero-order chi connectivity index (χ0) is 19.1. The van der Waals surface area contributed by atoms with Crippen LogP contribution in [0.4, 0.5) is 11.4 Å². The molecule has 3 aromatic rings. The van der Waals surface area contributed by atoms with Gasteiger partial charge in [0.05, 0.1) is 38.3 Å². The molecule has 0 aliphatic rings. The summed E-state index contributed by atoms with van der Waals surface area (Å²) in [5.74, 6) is 0.827. The molecule has 138 valence electrons. The van der Waals surface area contributed by atoms with Crippen LogP contribution in [0.1, 0.15) is 16.2 Å². The number of ether oxygens (including phenoxy) is 2. The first-order valence-electron chi connectivity index (χ1n) is 8.33. The van der Waals surface area contributed by atoms with Crippen molar-refractivity contribution in [1.82, 2.24) is 9.97 Å². The molecule has 2 aromatic heterocycles. The van der Waals surface area contributed by atoms with Crippen LogP contribution in [0, 0.1) is 0 Å². The number of amides is 1. The summed E-state index contributed by atoms with van der Waals surface area (Å²) in [7, 11) is 3.10. The molecule has 0 spiro atoms. The average molecular weight is 364 g/mol. The van der Waals surface area contributed by atoms with E-state index in [9.17, 15) is 4.79 Å². The number of carbonyl (C=O) groups excluding carboxylic acids is 1. The maximum Gasteiger partial charge on any atom is 0.274 e. The summed E-state index contributed by atoms with van der Waals surface area (Å²) >= 11 is 0. The van der Waals surface area contributed by atoms with E-state index in [0.29, 0.717) is 29.4 Å². The van der Waals surface area contributed by atoms with Gasteiger partial charge in [0.15, 0.2) is 11.5 Å². The van der Waals surface area contributed by atoms with E-state index in [-0.39, 0.29) is 5.91 Å². The van der Waals surface area contributed by atoms with Crippen LogP contribution in [0.15, 0.2) is 60.9 Å². The van der Waals surface area contributed by atoms with Crippen molar-refractivity contribution in [1.29, 1.82) is 0 Å². The monoisotopic (exact) mass is 364 g/mol. The number of nitrogens with one attached hydrogen (secondary N) is 2. The van der Waals surface area contributed by atoms with Crippen molar-refractivity contribution in [2.45, 2.75) is 6.54 Å². The zero-order valence-electron chi connectivity index (χ0n) is 15.1. The largest absolute Gasteiger partial charge is 0.493 e. The Hall–Kier alpha value is -3.61. The van der Waals surface area contributed by atoms with Crippen LogP contribution >= 0.6 is 0 Å². The van der Waals surface area contributed by atoms with E-state index in [4.69, 9.17) is 9.47 Å². The first-order valence-corrected chi connectivity index (χ1v) is 8.33. The van der Waals surface area contributed by atoms with Crippen LogP contribution in [-0.4, -0.2) is 30.1 Å². The first kappa shape index (κ1) is 18.2. The predicted octanol–water partition coefficient (Wildman–Crippen LogP) is 3.36. The summed E-state index contributed by atoms with van der Waals surface area (Å²) in [5, 5.41) is 6.01. The minimum absolute atomic E-state index is 0.307. The molecule has 2 heterocycles. The number of anilines is 2. The van der Waals surface area contributed by atoms with Gasteiger partial charge in [-0.1, -0.05) is 6.07 Å². The Morgan fingerprint density at radius 1 is 0.963 bits per heavy atom. The van der Waals surface area contributed by atoms with Crippen LogP contribution in [0.5, 0.6) is 11.5 Å². The van der Waals surface area contributed by atoms with Gasteiger partial charge in [0.1, 0.15) is 5.69 Å². The van der Waals surface area contributed by atoms with E-state index in [2.05, 4.69) is 20.6 Å². The van der Waals surface area contributed by atoms with E-state index in [1.165, 1.54) is 0 Å². The fourth-order valence-corrected chi connectivity index (χ4v) is 2.44. The summed E-state index contributed by atoms with van der Waals surface area (Å²) in [4.78, 5) is 20.8. The van der Waals surface area contributed by atoms with Crippen molar-refractivity contribution < 1.29 is 14.3 Å². The fraction of sp³-hybridized carbons (Fsp3) is 0.150. The number of benzene rings is 1. The number of hydrogen-bond acceptors (Lipinski definition) is 6. The molecule has 0 saturated heterocycles. The van der Waals surface area contributed by atoms with Gasteiger partial charge < -0.3 is 20.1 Å². The van der Waals surface area contributed by atoms with Crippen molar-refractivity contribution >= 4 is 17.3 Å². The summed E-state index contributed by atoms with van der Waals surface area (Å²) in [5.41, 5.74) is 2.64. The lowest BCUT2D eigenvalue weighted by molar-refractivity contribution is 0.102. The van der Waals surface area contributed by atoms with Gasteiger partial charge >= 0.3 is 0 Å². The minimum Gasteiger partial charge on any atom is -0.493 e. The number of pyridine rings is 2. The van der Waals surface area contributed by atoms with Gasteiger partial charge in [-0.15, -0.1) is 0 Å². The molecule has 0 radical (unpaired) electrons. The predicted molar refractivity (Wildman–Crippen MR) is 103 cm³/mol. The molecule has 1 amide bonds. The Kier molecular flexibility index (Phi) is 5.84. The van der Waals surface area contributed by atoms with E-state index in [1.54, 1.807) is 56.9 Å². The third kappa shape index (κ3) is 4.72. The normalized spacial score (nSPS) is 10.1. The Bertz CT molecular complexity index is 899.